The molecule has 0 bridgehead atoms. The van der Waals surface area contributed by atoms with E-state index in [1.165, 1.54) is 18.4 Å². The van der Waals surface area contributed by atoms with Crippen LogP contribution in [0.3, 0.4) is 0 Å². The standard InChI is InChI=1S/C33H57NO6S/c1-32(2,25-39-30-15-7-11-23-37-30)21-9-5-13-27(28-17-19-29(20-18-28)41(34,35)36)14-6-10-22-33(3,4)26-40-31-16-8-12-24-38-31/h17-20,27,30-31H,5-16,21-26H2,1-4H3,(H2,34,35,36). The van der Waals surface area contributed by atoms with Crippen molar-refractivity contribution in [3.63, 3.8) is 0 Å². The molecule has 0 saturated carbocycles. The van der Waals surface area contributed by atoms with Gasteiger partial charge in [-0.3, -0.25) is 0 Å². The van der Waals surface area contributed by atoms with Gasteiger partial charge in [-0.2, -0.15) is 0 Å². The average molecular weight is 596 g/mol. The van der Waals surface area contributed by atoms with Crippen LogP contribution >= 0.6 is 0 Å². The van der Waals surface area contributed by atoms with E-state index in [-0.39, 0.29) is 28.3 Å². The van der Waals surface area contributed by atoms with Gasteiger partial charge in [0.25, 0.3) is 0 Å². The second-order valence-corrected chi connectivity index (χ2v) is 15.4. The largest absolute Gasteiger partial charge is 0.353 e. The molecule has 2 N–H and O–H groups in total. The molecular weight excluding hydrogens is 538 g/mol. The molecule has 0 aliphatic carbocycles. The number of ether oxygens (including phenoxy) is 4. The molecule has 2 aliphatic heterocycles. The molecular formula is C33H57NO6S. The zero-order valence-electron chi connectivity index (χ0n) is 26.2. The van der Waals surface area contributed by atoms with E-state index in [1.54, 1.807) is 12.1 Å². The normalized spacial score (nSPS) is 21.6. The van der Waals surface area contributed by atoms with Crippen molar-refractivity contribution in [1.29, 1.82) is 0 Å². The minimum absolute atomic E-state index is 0.0372. The summed E-state index contributed by atoms with van der Waals surface area (Å²) in [6, 6.07) is 7.21. The van der Waals surface area contributed by atoms with E-state index in [0.29, 0.717) is 5.92 Å². The van der Waals surface area contributed by atoms with Crippen LogP contribution in [0.5, 0.6) is 0 Å². The van der Waals surface area contributed by atoms with Crippen LogP contribution in [0.4, 0.5) is 0 Å². The zero-order valence-corrected chi connectivity index (χ0v) is 27.0. The molecule has 1 aromatic rings. The fraction of sp³-hybridized carbons (Fsp3) is 0.818. The van der Waals surface area contributed by atoms with Gasteiger partial charge >= 0.3 is 0 Å². The predicted molar refractivity (Wildman–Crippen MR) is 164 cm³/mol. The van der Waals surface area contributed by atoms with Gasteiger partial charge in [0.2, 0.25) is 10.0 Å². The van der Waals surface area contributed by atoms with Crippen LogP contribution in [0.15, 0.2) is 29.2 Å². The third kappa shape index (κ3) is 13.4. The van der Waals surface area contributed by atoms with Crippen molar-refractivity contribution in [3.8, 4) is 0 Å². The molecule has 2 saturated heterocycles. The Morgan fingerprint density at radius 3 is 1.63 bits per heavy atom. The molecule has 7 nitrogen and oxygen atoms in total. The van der Waals surface area contributed by atoms with Crippen LogP contribution in [0.1, 0.15) is 129 Å². The summed E-state index contributed by atoms with van der Waals surface area (Å²) in [5.74, 6) is 0.398. The summed E-state index contributed by atoms with van der Waals surface area (Å²) >= 11 is 0. The van der Waals surface area contributed by atoms with E-state index in [9.17, 15) is 8.42 Å². The van der Waals surface area contributed by atoms with E-state index in [2.05, 4.69) is 27.7 Å². The monoisotopic (exact) mass is 595 g/mol. The van der Waals surface area contributed by atoms with Crippen LogP contribution < -0.4 is 5.14 Å². The van der Waals surface area contributed by atoms with Crippen LogP contribution in [0, 0.1) is 10.8 Å². The lowest BCUT2D eigenvalue weighted by molar-refractivity contribution is -0.176. The Morgan fingerprint density at radius 1 is 0.780 bits per heavy atom. The van der Waals surface area contributed by atoms with Gasteiger partial charge in [0.1, 0.15) is 0 Å². The SMILES string of the molecule is CC(C)(CCCCC(CCCCC(C)(C)COC1CCCCO1)c1ccc(S(N)(=O)=O)cc1)COC1CCCCO1. The minimum Gasteiger partial charge on any atom is -0.353 e. The Hall–Kier alpha value is -1.03. The highest BCUT2D eigenvalue weighted by Crippen LogP contribution is 2.33. The lowest BCUT2D eigenvalue weighted by Gasteiger charge is -2.30. The quantitative estimate of drug-likeness (QED) is 0.175. The first-order valence-electron chi connectivity index (χ1n) is 16.0. The molecule has 2 heterocycles. The van der Waals surface area contributed by atoms with E-state index < -0.39 is 10.0 Å². The summed E-state index contributed by atoms with van der Waals surface area (Å²) in [4.78, 5) is 0.174. The third-order valence-electron chi connectivity index (χ3n) is 8.59. The fourth-order valence-electron chi connectivity index (χ4n) is 5.86. The van der Waals surface area contributed by atoms with Gasteiger partial charge in [-0.05, 0) is 98.7 Å². The number of primary sulfonamides is 1. The van der Waals surface area contributed by atoms with Gasteiger partial charge < -0.3 is 18.9 Å². The molecule has 1 aromatic carbocycles. The highest BCUT2D eigenvalue weighted by Gasteiger charge is 2.24. The van der Waals surface area contributed by atoms with E-state index in [0.717, 1.165) is 103 Å². The van der Waals surface area contributed by atoms with Crippen LogP contribution in [-0.4, -0.2) is 47.4 Å². The van der Waals surface area contributed by atoms with E-state index >= 15 is 0 Å². The van der Waals surface area contributed by atoms with Gasteiger partial charge in [-0.15, -0.1) is 0 Å². The predicted octanol–water partition coefficient (Wildman–Crippen LogP) is 7.68. The molecule has 2 unspecified atom stereocenters. The molecule has 2 fully saturated rings. The van der Waals surface area contributed by atoms with Crippen molar-refractivity contribution in [1.82, 2.24) is 0 Å². The first kappa shape index (κ1) is 34.5. The summed E-state index contributed by atoms with van der Waals surface area (Å²) < 4.78 is 47.2. The summed E-state index contributed by atoms with van der Waals surface area (Å²) in [7, 11) is -3.69. The Morgan fingerprint density at radius 2 is 1.24 bits per heavy atom. The summed E-state index contributed by atoms with van der Waals surface area (Å²) in [5.41, 5.74) is 1.43. The Bertz CT molecular complexity index is 924. The number of rotatable bonds is 18. The third-order valence-corrected chi connectivity index (χ3v) is 9.52. The molecule has 2 aliphatic rings. The molecule has 41 heavy (non-hydrogen) atoms. The van der Waals surface area contributed by atoms with Crippen molar-refractivity contribution in [3.05, 3.63) is 29.8 Å². The van der Waals surface area contributed by atoms with Gasteiger partial charge in [-0.25, -0.2) is 13.6 Å². The topological polar surface area (TPSA) is 97.1 Å². The lowest BCUT2D eigenvalue weighted by atomic mass is 9.83. The molecule has 0 amide bonds. The number of hydrogen-bond acceptors (Lipinski definition) is 6. The molecule has 0 radical (unpaired) electrons. The summed E-state index contributed by atoms with van der Waals surface area (Å²) in [6.45, 7) is 12.2. The van der Waals surface area contributed by atoms with Crippen molar-refractivity contribution in [2.24, 2.45) is 16.0 Å². The molecule has 8 heteroatoms. The highest BCUT2D eigenvalue weighted by atomic mass is 32.2. The first-order chi connectivity index (χ1) is 19.4. The molecule has 3 rings (SSSR count). The van der Waals surface area contributed by atoms with Gasteiger partial charge in [-0.1, -0.05) is 65.5 Å². The summed E-state index contributed by atoms with van der Waals surface area (Å²) in [6.07, 6.45) is 15.5. The Balaban J connectivity index is 1.46. The number of nitrogens with two attached hydrogens (primary N) is 1. The molecule has 236 valence electrons. The molecule has 2 atom stereocenters. The number of sulfonamides is 1. The Labute approximate surface area is 250 Å². The van der Waals surface area contributed by atoms with E-state index in [4.69, 9.17) is 24.1 Å². The van der Waals surface area contributed by atoms with Crippen molar-refractivity contribution < 1.29 is 27.4 Å². The highest BCUT2D eigenvalue weighted by molar-refractivity contribution is 7.89. The van der Waals surface area contributed by atoms with Crippen LogP contribution in [0.2, 0.25) is 0 Å². The minimum atomic E-state index is -3.69. The zero-order chi connectivity index (χ0) is 29.8. The maximum Gasteiger partial charge on any atom is 0.238 e. The lowest BCUT2D eigenvalue weighted by Crippen LogP contribution is -2.28. The first-order valence-corrected chi connectivity index (χ1v) is 17.6. The Kier molecular flexibility index (Phi) is 14.1. The second-order valence-electron chi connectivity index (χ2n) is 13.8. The summed E-state index contributed by atoms with van der Waals surface area (Å²) in [5, 5.41) is 5.34. The molecule has 0 spiro atoms. The number of benzene rings is 1. The van der Waals surface area contributed by atoms with Crippen LogP contribution in [-0.2, 0) is 29.0 Å². The number of hydrogen-bond donors (Lipinski definition) is 1. The van der Waals surface area contributed by atoms with Gasteiger partial charge in [0.05, 0.1) is 18.1 Å². The van der Waals surface area contributed by atoms with E-state index in [1.807, 2.05) is 12.1 Å². The maximum absolute atomic E-state index is 11.8. The molecule has 0 aromatic heterocycles. The maximum atomic E-state index is 11.8. The second kappa shape index (κ2) is 16.7. The fourth-order valence-corrected chi connectivity index (χ4v) is 6.38. The van der Waals surface area contributed by atoms with Crippen molar-refractivity contribution in [2.75, 3.05) is 26.4 Å². The van der Waals surface area contributed by atoms with Crippen molar-refractivity contribution in [2.45, 2.75) is 141 Å². The van der Waals surface area contributed by atoms with Crippen molar-refractivity contribution >= 4 is 10.0 Å². The average Bonchev–Trinajstić information content (AvgIpc) is 2.95. The smallest absolute Gasteiger partial charge is 0.238 e. The van der Waals surface area contributed by atoms with Crippen LogP contribution in [0.25, 0.3) is 0 Å². The van der Waals surface area contributed by atoms with Gasteiger partial charge in [0.15, 0.2) is 12.6 Å². The number of unbranched alkanes of at least 4 members (excludes halogenated alkanes) is 2. The van der Waals surface area contributed by atoms with Gasteiger partial charge in [0, 0.05) is 13.2 Å².